The number of para-hydroxylation sites is 1. The topological polar surface area (TPSA) is 83.8 Å². The molecule has 0 spiro atoms. The van der Waals surface area contributed by atoms with Crippen LogP contribution in [0.2, 0.25) is 0 Å². The van der Waals surface area contributed by atoms with Gasteiger partial charge < -0.3 is 14.9 Å². The smallest absolute Gasteiger partial charge is 0.339 e. The Hall–Kier alpha value is -2.04. The molecule has 0 bridgehead atoms. The Kier molecular flexibility index (Phi) is 5.55. The Morgan fingerprint density at radius 1 is 1.20 bits per heavy atom. The Labute approximate surface area is 86.9 Å². The van der Waals surface area contributed by atoms with Gasteiger partial charge in [0.1, 0.15) is 11.3 Å². The molecule has 0 saturated carbocycles. The van der Waals surface area contributed by atoms with E-state index < -0.39 is 11.9 Å². The molecule has 82 valence electrons. The zero-order valence-electron chi connectivity index (χ0n) is 8.43. The van der Waals surface area contributed by atoms with Crippen molar-refractivity contribution in [2.24, 2.45) is 0 Å². The molecule has 0 aliphatic carbocycles. The van der Waals surface area contributed by atoms with Crippen LogP contribution >= 0.6 is 0 Å². The van der Waals surface area contributed by atoms with Gasteiger partial charge in [-0.05, 0) is 12.1 Å². The third kappa shape index (κ3) is 5.30. The molecule has 0 fully saturated rings. The van der Waals surface area contributed by atoms with Crippen molar-refractivity contribution in [3.05, 3.63) is 29.8 Å². The van der Waals surface area contributed by atoms with Gasteiger partial charge in [0.2, 0.25) is 0 Å². The Bertz CT molecular complexity index is 341. The van der Waals surface area contributed by atoms with Crippen molar-refractivity contribution in [3.8, 4) is 5.75 Å². The Balaban J connectivity index is 0.000000423. The molecule has 1 aromatic carbocycles. The summed E-state index contributed by atoms with van der Waals surface area (Å²) in [6.07, 6.45) is 0. The fourth-order valence-electron chi connectivity index (χ4n) is 0.821. The first-order chi connectivity index (χ1) is 6.99. The van der Waals surface area contributed by atoms with Gasteiger partial charge in [-0.1, -0.05) is 12.1 Å². The maximum Gasteiger partial charge on any atom is 0.339 e. The summed E-state index contributed by atoms with van der Waals surface area (Å²) in [6, 6.07) is 6.50. The van der Waals surface area contributed by atoms with E-state index in [2.05, 4.69) is 0 Å². The van der Waals surface area contributed by atoms with Crippen molar-refractivity contribution in [3.63, 3.8) is 0 Å². The van der Waals surface area contributed by atoms with Crippen LogP contribution in [-0.4, -0.2) is 29.3 Å². The lowest BCUT2D eigenvalue weighted by Gasteiger charge is -2.01. The van der Waals surface area contributed by atoms with Crippen molar-refractivity contribution >= 4 is 11.9 Å². The molecule has 0 aliphatic rings. The average Bonchev–Trinajstić information content (AvgIpc) is 2.16. The predicted molar refractivity (Wildman–Crippen MR) is 53.3 cm³/mol. The van der Waals surface area contributed by atoms with E-state index in [1.165, 1.54) is 13.2 Å². The summed E-state index contributed by atoms with van der Waals surface area (Å²) in [4.78, 5) is 19.5. The third-order valence-corrected chi connectivity index (χ3v) is 1.34. The van der Waals surface area contributed by atoms with Crippen LogP contribution in [0.25, 0.3) is 0 Å². The van der Waals surface area contributed by atoms with Crippen LogP contribution < -0.4 is 4.74 Å². The van der Waals surface area contributed by atoms with Crippen molar-refractivity contribution in [2.75, 3.05) is 7.11 Å². The molecule has 5 nitrogen and oxygen atoms in total. The monoisotopic (exact) mass is 212 g/mol. The van der Waals surface area contributed by atoms with Crippen molar-refractivity contribution < 1.29 is 24.5 Å². The highest BCUT2D eigenvalue weighted by atomic mass is 16.5. The molecule has 1 aromatic rings. The number of carbonyl (C=O) groups is 2. The second-order valence-electron chi connectivity index (χ2n) is 2.52. The molecule has 0 amide bonds. The standard InChI is InChI=1S/C8H8O3.C2H4O2/c1-11-7-5-3-2-4-6(7)8(9)10;1-2(3)4/h2-5H,1H3,(H,9,10);1H3,(H,3,4). The van der Waals surface area contributed by atoms with Crippen LogP contribution in [0, 0.1) is 0 Å². The van der Waals surface area contributed by atoms with E-state index in [4.69, 9.17) is 19.7 Å². The second kappa shape index (κ2) is 6.42. The molecule has 2 N–H and O–H groups in total. The van der Waals surface area contributed by atoms with E-state index in [1.807, 2.05) is 0 Å². The van der Waals surface area contributed by atoms with Gasteiger partial charge >= 0.3 is 5.97 Å². The molecule has 0 atom stereocenters. The average molecular weight is 212 g/mol. The van der Waals surface area contributed by atoms with Crippen LogP contribution in [-0.2, 0) is 4.79 Å². The molecule has 0 heterocycles. The first-order valence-corrected chi connectivity index (χ1v) is 4.05. The molecule has 1 rings (SSSR count). The van der Waals surface area contributed by atoms with E-state index in [0.29, 0.717) is 5.75 Å². The Morgan fingerprint density at radius 2 is 1.67 bits per heavy atom. The molecule has 0 aliphatic heterocycles. The quantitative estimate of drug-likeness (QED) is 0.775. The summed E-state index contributed by atoms with van der Waals surface area (Å²) < 4.78 is 4.83. The van der Waals surface area contributed by atoms with E-state index in [0.717, 1.165) is 6.92 Å². The molecule has 5 heteroatoms. The molecule has 0 unspecified atom stereocenters. The highest BCUT2D eigenvalue weighted by Gasteiger charge is 2.07. The SMILES string of the molecule is CC(=O)O.COc1ccccc1C(=O)O. The van der Waals surface area contributed by atoms with Gasteiger partial charge in [-0.2, -0.15) is 0 Å². The summed E-state index contributed by atoms with van der Waals surface area (Å²) in [7, 11) is 1.45. The number of aliphatic carboxylic acids is 1. The first-order valence-electron chi connectivity index (χ1n) is 4.05. The third-order valence-electron chi connectivity index (χ3n) is 1.34. The van der Waals surface area contributed by atoms with Gasteiger partial charge in [-0.15, -0.1) is 0 Å². The predicted octanol–water partition coefficient (Wildman–Crippen LogP) is 1.48. The van der Waals surface area contributed by atoms with Gasteiger partial charge in [0.25, 0.3) is 5.97 Å². The maximum absolute atomic E-state index is 10.5. The van der Waals surface area contributed by atoms with E-state index in [-0.39, 0.29) is 5.56 Å². The first kappa shape index (κ1) is 13.0. The normalized spacial score (nSPS) is 8.40. The number of methoxy groups -OCH3 is 1. The fraction of sp³-hybridized carbons (Fsp3) is 0.200. The molecule has 0 aromatic heterocycles. The van der Waals surface area contributed by atoms with Gasteiger partial charge in [0, 0.05) is 6.92 Å². The number of carboxylic acids is 2. The summed E-state index contributed by atoms with van der Waals surface area (Å²) in [5.74, 6) is -1.41. The Morgan fingerprint density at radius 3 is 2.00 bits per heavy atom. The highest BCUT2D eigenvalue weighted by molar-refractivity contribution is 5.90. The van der Waals surface area contributed by atoms with E-state index in [1.54, 1.807) is 18.2 Å². The van der Waals surface area contributed by atoms with Crippen LogP contribution in [0.4, 0.5) is 0 Å². The van der Waals surface area contributed by atoms with Gasteiger partial charge in [-0.3, -0.25) is 4.79 Å². The zero-order chi connectivity index (χ0) is 11.8. The van der Waals surface area contributed by atoms with Crippen LogP contribution in [0.1, 0.15) is 17.3 Å². The minimum Gasteiger partial charge on any atom is -0.496 e. The van der Waals surface area contributed by atoms with E-state index >= 15 is 0 Å². The minimum atomic E-state index is -0.970. The number of rotatable bonds is 2. The van der Waals surface area contributed by atoms with Crippen LogP contribution in [0.5, 0.6) is 5.75 Å². The van der Waals surface area contributed by atoms with Crippen LogP contribution in [0.15, 0.2) is 24.3 Å². The number of aromatic carboxylic acids is 1. The molecular weight excluding hydrogens is 200 g/mol. The number of carboxylic acid groups (broad SMARTS) is 2. The molecule has 0 saturated heterocycles. The molecule has 15 heavy (non-hydrogen) atoms. The fourth-order valence-corrected chi connectivity index (χ4v) is 0.821. The number of hydrogen-bond acceptors (Lipinski definition) is 3. The highest BCUT2D eigenvalue weighted by Crippen LogP contribution is 2.16. The lowest BCUT2D eigenvalue weighted by atomic mass is 10.2. The summed E-state index contributed by atoms with van der Waals surface area (Å²) in [5, 5.41) is 16.0. The summed E-state index contributed by atoms with van der Waals surface area (Å²) >= 11 is 0. The molecule has 0 radical (unpaired) electrons. The lowest BCUT2D eigenvalue weighted by molar-refractivity contribution is -0.134. The van der Waals surface area contributed by atoms with Crippen molar-refractivity contribution in [1.82, 2.24) is 0 Å². The number of hydrogen-bond donors (Lipinski definition) is 2. The summed E-state index contributed by atoms with van der Waals surface area (Å²) in [5.41, 5.74) is 0.190. The minimum absolute atomic E-state index is 0.190. The van der Waals surface area contributed by atoms with Crippen molar-refractivity contribution in [1.29, 1.82) is 0 Å². The van der Waals surface area contributed by atoms with E-state index in [9.17, 15) is 4.79 Å². The lowest BCUT2D eigenvalue weighted by Crippen LogP contribution is -1.99. The van der Waals surface area contributed by atoms with Crippen LogP contribution in [0.3, 0.4) is 0 Å². The number of benzene rings is 1. The van der Waals surface area contributed by atoms with Crippen molar-refractivity contribution in [2.45, 2.75) is 6.92 Å². The zero-order valence-corrected chi connectivity index (χ0v) is 8.43. The largest absolute Gasteiger partial charge is 0.496 e. The van der Waals surface area contributed by atoms with Gasteiger partial charge in [0.05, 0.1) is 7.11 Å². The van der Waals surface area contributed by atoms with Gasteiger partial charge in [0.15, 0.2) is 0 Å². The maximum atomic E-state index is 10.5. The van der Waals surface area contributed by atoms with Gasteiger partial charge in [-0.25, -0.2) is 4.79 Å². The number of ether oxygens (including phenoxy) is 1. The molecular formula is C10H12O5. The summed E-state index contributed by atoms with van der Waals surface area (Å²) in [6.45, 7) is 1.08. The second-order valence-corrected chi connectivity index (χ2v) is 2.52.